The maximum absolute atomic E-state index is 5.96. The van der Waals surface area contributed by atoms with Crippen LogP contribution in [0.4, 0.5) is 0 Å². The first-order valence-electron chi connectivity index (χ1n) is 6.13. The highest BCUT2D eigenvalue weighted by Gasteiger charge is 2.22. The van der Waals surface area contributed by atoms with E-state index in [1.807, 2.05) is 0 Å². The van der Waals surface area contributed by atoms with Gasteiger partial charge in [0.1, 0.15) is 12.2 Å². The molecule has 2 aromatic rings. The number of methoxy groups -OCH3 is 1. The van der Waals surface area contributed by atoms with Gasteiger partial charge in [0.15, 0.2) is 11.2 Å². The molecule has 0 atom stereocenters. The average Bonchev–Trinajstić information content (AvgIpc) is 3.16. The molecule has 2 heterocycles. The van der Waals surface area contributed by atoms with Crippen LogP contribution < -0.4 is 4.74 Å². The van der Waals surface area contributed by atoms with E-state index in [0.29, 0.717) is 17.3 Å². The summed E-state index contributed by atoms with van der Waals surface area (Å²) in [5.74, 6) is 2.60. The Kier molecular flexibility index (Phi) is 3.07. The molecular formula is C12H15ClN4O. The second-order valence-corrected chi connectivity index (χ2v) is 4.87. The number of aryl methyl sites for hydroxylation is 1. The van der Waals surface area contributed by atoms with Crippen molar-refractivity contribution in [1.29, 1.82) is 0 Å². The molecule has 2 aromatic heterocycles. The van der Waals surface area contributed by atoms with Crippen LogP contribution in [0.2, 0.25) is 0 Å². The molecule has 0 saturated heterocycles. The lowest BCUT2D eigenvalue weighted by atomic mass is 10.3. The van der Waals surface area contributed by atoms with E-state index in [2.05, 4.69) is 19.5 Å². The van der Waals surface area contributed by atoms with Gasteiger partial charge in [-0.3, -0.25) is 0 Å². The van der Waals surface area contributed by atoms with E-state index in [1.165, 1.54) is 25.6 Å². The largest absolute Gasteiger partial charge is 0.479 e. The molecule has 0 bridgehead atoms. The summed E-state index contributed by atoms with van der Waals surface area (Å²) in [6.07, 6.45) is 5.37. The topological polar surface area (TPSA) is 52.8 Å². The van der Waals surface area contributed by atoms with Crippen molar-refractivity contribution >= 4 is 22.8 Å². The van der Waals surface area contributed by atoms with Crippen LogP contribution in [0.3, 0.4) is 0 Å². The highest BCUT2D eigenvalue weighted by molar-refractivity contribution is 6.16. The van der Waals surface area contributed by atoms with E-state index in [-0.39, 0.29) is 0 Å². The van der Waals surface area contributed by atoms with Crippen LogP contribution in [0.15, 0.2) is 6.33 Å². The zero-order valence-electron chi connectivity index (χ0n) is 10.3. The number of rotatable bonds is 5. The second kappa shape index (κ2) is 4.72. The molecule has 1 fully saturated rings. The summed E-state index contributed by atoms with van der Waals surface area (Å²) in [5, 5.41) is 0. The highest BCUT2D eigenvalue weighted by atomic mass is 35.5. The summed E-state index contributed by atoms with van der Waals surface area (Å²) >= 11 is 5.96. The van der Waals surface area contributed by atoms with Crippen molar-refractivity contribution in [2.75, 3.05) is 7.11 Å². The third-order valence-electron chi connectivity index (χ3n) is 3.35. The molecular weight excluding hydrogens is 252 g/mol. The number of aromatic nitrogens is 4. The predicted octanol–water partition coefficient (Wildman–Crippen LogP) is 2.37. The monoisotopic (exact) mass is 266 g/mol. The van der Waals surface area contributed by atoms with E-state index in [0.717, 1.165) is 23.9 Å². The van der Waals surface area contributed by atoms with Crippen LogP contribution in [0.25, 0.3) is 11.2 Å². The number of hydrogen-bond acceptors (Lipinski definition) is 4. The van der Waals surface area contributed by atoms with Gasteiger partial charge in [-0.15, -0.1) is 11.6 Å². The third kappa shape index (κ3) is 2.03. The van der Waals surface area contributed by atoms with Crippen molar-refractivity contribution in [2.24, 2.45) is 5.92 Å². The van der Waals surface area contributed by atoms with Gasteiger partial charge in [0.05, 0.1) is 13.0 Å². The van der Waals surface area contributed by atoms with Crippen molar-refractivity contribution in [3.8, 4) is 5.88 Å². The molecule has 1 saturated carbocycles. The summed E-state index contributed by atoms with van der Waals surface area (Å²) in [7, 11) is 1.59. The smallest absolute Gasteiger partial charge is 0.245 e. The molecule has 1 aliphatic carbocycles. The van der Waals surface area contributed by atoms with Crippen LogP contribution in [0.5, 0.6) is 5.88 Å². The van der Waals surface area contributed by atoms with Gasteiger partial charge in [0, 0.05) is 6.54 Å². The zero-order chi connectivity index (χ0) is 12.5. The van der Waals surface area contributed by atoms with Crippen LogP contribution in [0.1, 0.15) is 25.1 Å². The Morgan fingerprint density at radius 1 is 1.44 bits per heavy atom. The molecule has 0 N–H and O–H groups in total. The predicted molar refractivity (Wildman–Crippen MR) is 68.8 cm³/mol. The van der Waals surface area contributed by atoms with Gasteiger partial charge >= 0.3 is 0 Å². The van der Waals surface area contributed by atoms with E-state index in [9.17, 15) is 0 Å². The Hall–Kier alpha value is -1.36. The van der Waals surface area contributed by atoms with Gasteiger partial charge in [0.25, 0.3) is 0 Å². The van der Waals surface area contributed by atoms with E-state index in [4.69, 9.17) is 16.3 Å². The molecule has 0 radical (unpaired) electrons. The maximum Gasteiger partial charge on any atom is 0.245 e. The summed E-state index contributed by atoms with van der Waals surface area (Å²) < 4.78 is 7.30. The summed E-state index contributed by atoms with van der Waals surface area (Å²) in [6.45, 7) is 0.920. The number of nitrogens with zero attached hydrogens (tertiary/aromatic N) is 4. The lowest BCUT2D eigenvalue weighted by Crippen LogP contribution is -2.04. The quantitative estimate of drug-likeness (QED) is 0.780. The fourth-order valence-corrected chi connectivity index (χ4v) is 2.37. The minimum Gasteiger partial charge on any atom is -0.479 e. The first kappa shape index (κ1) is 11.7. The fraction of sp³-hybridized carbons (Fsp3) is 0.583. The standard InChI is InChI=1S/C12H15ClN4O/c1-18-12-10-11(14-7-15-12)17(9(6-13)16-10)5-4-8-2-3-8/h7-8H,2-6H2,1H3. The normalized spacial score (nSPS) is 15.2. The van der Waals surface area contributed by atoms with Crippen LogP contribution in [0, 0.1) is 5.92 Å². The molecule has 3 rings (SSSR count). The molecule has 5 nitrogen and oxygen atoms in total. The molecule has 0 aromatic carbocycles. The molecule has 96 valence electrons. The Balaban J connectivity index is 2.02. The van der Waals surface area contributed by atoms with E-state index >= 15 is 0 Å². The summed E-state index contributed by atoms with van der Waals surface area (Å²) in [4.78, 5) is 12.9. The summed E-state index contributed by atoms with van der Waals surface area (Å²) in [6, 6.07) is 0. The molecule has 0 aliphatic heterocycles. The molecule has 0 amide bonds. The Bertz CT molecular complexity index is 564. The number of alkyl halides is 1. The minimum atomic E-state index is 0.379. The van der Waals surface area contributed by atoms with Crippen molar-refractivity contribution in [3.63, 3.8) is 0 Å². The van der Waals surface area contributed by atoms with Crippen LogP contribution in [-0.4, -0.2) is 26.6 Å². The molecule has 6 heteroatoms. The average molecular weight is 267 g/mol. The number of fused-ring (bicyclic) bond motifs is 1. The van der Waals surface area contributed by atoms with Gasteiger partial charge in [-0.25, -0.2) is 9.97 Å². The molecule has 0 unspecified atom stereocenters. The highest BCUT2D eigenvalue weighted by Crippen LogP contribution is 2.33. The van der Waals surface area contributed by atoms with E-state index < -0.39 is 0 Å². The second-order valence-electron chi connectivity index (χ2n) is 4.60. The Morgan fingerprint density at radius 3 is 2.94 bits per heavy atom. The van der Waals surface area contributed by atoms with E-state index in [1.54, 1.807) is 7.11 Å². The van der Waals surface area contributed by atoms with Gasteiger partial charge in [-0.05, 0) is 12.3 Å². The van der Waals surface area contributed by atoms with Gasteiger partial charge in [-0.2, -0.15) is 4.98 Å². The van der Waals surface area contributed by atoms with Crippen LogP contribution in [-0.2, 0) is 12.4 Å². The van der Waals surface area contributed by atoms with Gasteiger partial charge in [0.2, 0.25) is 5.88 Å². The third-order valence-corrected chi connectivity index (χ3v) is 3.59. The maximum atomic E-state index is 5.96. The first-order valence-corrected chi connectivity index (χ1v) is 6.67. The number of halogens is 1. The minimum absolute atomic E-state index is 0.379. The van der Waals surface area contributed by atoms with Crippen molar-refractivity contribution in [2.45, 2.75) is 31.7 Å². The molecule has 1 aliphatic rings. The fourth-order valence-electron chi connectivity index (χ4n) is 2.17. The van der Waals surface area contributed by atoms with Crippen LogP contribution >= 0.6 is 11.6 Å². The van der Waals surface area contributed by atoms with Gasteiger partial charge < -0.3 is 9.30 Å². The number of ether oxygens (including phenoxy) is 1. The van der Waals surface area contributed by atoms with Crippen molar-refractivity contribution in [1.82, 2.24) is 19.5 Å². The molecule has 0 spiro atoms. The number of hydrogen-bond donors (Lipinski definition) is 0. The van der Waals surface area contributed by atoms with Crippen molar-refractivity contribution < 1.29 is 4.74 Å². The lowest BCUT2D eigenvalue weighted by molar-refractivity contribution is 0.401. The number of imidazole rings is 1. The first-order chi connectivity index (χ1) is 8.83. The Labute approximate surface area is 110 Å². The zero-order valence-corrected chi connectivity index (χ0v) is 11.0. The Morgan fingerprint density at radius 2 is 2.28 bits per heavy atom. The summed E-state index contributed by atoms with van der Waals surface area (Å²) in [5.41, 5.74) is 1.52. The SMILES string of the molecule is COc1ncnc2c1nc(CCl)n2CCC1CC1. The lowest BCUT2D eigenvalue weighted by Gasteiger charge is -2.06. The van der Waals surface area contributed by atoms with Gasteiger partial charge in [-0.1, -0.05) is 12.8 Å². The van der Waals surface area contributed by atoms with Crippen molar-refractivity contribution in [3.05, 3.63) is 12.2 Å². The molecule has 18 heavy (non-hydrogen) atoms.